The minimum atomic E-state index is 0.305. The van der Waals surface area contributed by atoms with Crippen molar-refractivity contribution in [1.82, 2.24) is 9.97 Å². The summed E-state index contributed by atoms with van der Waals surface area (Å²) in [4.78, 5) is 8.05. The first-order valence-electron chi connectivity index (χ1n) is 3.83. The third-order valence-corrected chi connectivity index (χ3v) is 2.38. The molecule has 0 N–H and O–H groups in total. The van der Waals surface area contributed by atoms with Gasteiger partial charge in [0.25, 0.3) is 0 Å². The highest BCUT2D eigenvalue weighted by molar-refractivity contribution is 9.10. The van der Waals surface area contributed by atoms with E-state index >= 15 is 0 Å². The molecule has 1 rings (SSSR count). The minimum absolute atomic E-state index is 0.305. The van der Waals surface area contributed by atoms with Crippen LogP contribution in [0.4, 0.5) is 0 Å². The molecule has 0 saturated carbocycles. The van der Waals surface area contributed by atoms with Gasteiger partial charge in [-0.1, -0.05) is 13.8 Å². The molecule has 0 radical (unpaired) electrons. The van der Waals surface area contributed by atoms with Crippen LogP contribution in [-0.4, -0.2) is 9.97 Å². The molecule has 12 heavy (non-hydrogen) atoms. The second kappa shape index (κ2) is 4.19. The molecule has 1 unspecified atom stereocenters. The van der Waals surface area contributed by atoms with E-state index in [9.17, 15) is 0 Å². The molecule has 0 aliphatic heterocycles. The number of aromatic nitrogens is 2. The molecular formula is C8H10BrClN2. The molecular weight excluding hydrogens is 239 g/mol. The molecule has 1 aromatic rings. The maximum atomic E-state index is 5.70. The van der Waals surface area contributed by atoms with Crippen LogP contribution in [0.3, 0.4) is 0 Å². The van der Waals surface area contributed by atoms with E-state index in [1.807, 2.05) is 6.07 Å². The number of hydrogen-bond acceptors (Lipinski definition) is 2. The quantitative estimate of drug-likeness (QED) is 0.593. The highest BCUT2D eigenvalue weighted by Gasteiger charge is 2.06. The van der Waals surface area contributed by atoms with E-state index in [0.717, 1.165) is 16.7 Å². The minimum Gasteiger partial charge on any atom is -0.223 e. The van der Waals surface area contributed by atoms with Gasteiger partial charge in [0.15, 0.2) is 0 Å². The molecule has 0 spiro atoms. The first-order chi connectivity index (χ1) is 5.63. The molecule has 2 nitrogen and oxygen atoms in total. The number of rotatable bonds is 2. The summed E-state index contributed by atoms with van der Waals surface area (Å²) in [7, 11) is 0. The van der Waals surface area contributed by atoms with Crippen LogP contribution in [0.5, 0.6) is 0 Å². The van der Waals surface area contributed by atoms with E-state index in [4.69, 9.17) is 11.6 Å². The first kappa shape index (κ1) is 9.93. The van der Waals surface area contributed by atoms with Crippen LogP contribution in [0.2, 0.25) is 5.28 Å². The zero-order chi connectivity index (χ0) is 9.14. The van der Waals surface area contributed by atoms with Crippen molar-refractivity contribution in [3.63, 3.8) is 0 Å². The van der Waals surface area contributed by atoms with Crippen molar-refractivity contribution in [2.75, 3.05) is 0 Å². The van der Waals surface area contributed by atoms with Crippen molar-refractivity contribution in [1.29, 1.82) is 0 Å². The van der Waals surface area contributed by atoms with Crippen LogP contribution in [0.25, 0.3) is 0 Å². The molecule has 0 aromatic carbocycles. The summed E-state index contributed by atoms with van der Waals surface area (Å²) in [6.45, 7) is 4.24. The van der Waals surface area contributed by atoms with E-state index in [2.05, 4.69) is 39.7 Å². The molecule has 1 aromatic heterocycles. The van der Waals surface area contributed by atoms with Gasteiger partial charge in [-0.3, -0.25) is 0 Å². The van der Waals surface area contributed by atoms with Crippen molar-refractivity contribution in [3.05, 3.63) is 21.6 Å². The van der Waals surface area contributed by atoms with E-state index in [-0.39, 0.29) is 0 Å². The molecule has 4 heteroatoms. The summed E-state index contributed by atoms with van der Waals surface area (Å²) in [6, 6.07) is 1.90. The maximum Gasteiger partial charge on any atom is 0.223 e. The van der Waals surface area contributed by atoms with Crippen LogP contribution >= 0.6 is 27.5 Å². The van der Waals surface area contributed by atoms with Gasteiger partial charge < -0.3 is 0 Å². The molecule has 0 saturated heterocycles. The highest BCUT2D eigenvalue weighted by Crippen LogP contribution is 2.20. The summed E-state index contributed by atoms with van der Waals surface area (Å²) in [5.41, 5.74) is 0.990. The van der Waals surface area contributed by atoms with Gasteiger partial charge in [-0.05, 0) is 45.9 Å². The molecule has 0 fully saturated rings. The standard InChI is InChI=1S/C8H10BrClN2/c1-3-5(2)6-4-7(9)12-8(10)11-6/h4-5H,3H2,1-2H3. The van der Waals surface area contributed by atoms with E-state index in [0.29, 0.717) is 11.2 Å². The number of halogens is 2. The number of hydrogen-bond donors (Lipinski definition) is 0. The normalized spacial score (nSPS) is 13.0. The molecule has 0 aliphatic rings. The Hall–Kier alpha value is -0.150. The first-order valence-corrected chi connectivity index (χ1v) is 5.00. The molecule has 0 bridgehead atoms. The Morgan fingerprint density at radius 2 is 2.25 bits per heavy atom. The van der Waals surface area contributed by atoms with E-state index in [1.165, 1.54) is 0 Å². The largest absolute Gasteiger partial charge is 0.223 e. The monoisotopic (exact) mass is 248 g/mol. The Morgan fingerprint density at radius 1 is 1.58 bits per heavy atom. The fourth-order valence-electron chi connectivity index (χ4n) is 0.868. The zero-order valence-corrected chi connectivity index (χ0v) is 9.35. The van der Waals surface area contributed by atoms with E-state index < -0.39 is 0 Å². The second-order valence-electron chi connectivity index (χ2n) is 2.69. The summed E-state index contributed by atoms with van der Waals surface area (Å²) >= 11 is 8.97. The molecule has 0 aliphatic carbocycles. The lowest BCUT2D eigenvalue weighted by atomic mass is 10.1. The van der Waals surface area contributed by atoms with Crippen molar-refractivity contribution in [2.24, 2.45) is 0 Å². The lowest BCUT2D eigenvalue weighted by molar-refractivity contribution is 0.703. The molecule has 66 valence electrons. The van der Waals surface area contributed by atoms with Crippen molar-refractivity contribution in [2.45, 2.75) is 26.2 Å². The smallest absolute Gasteiger partial charge is 0.223 e. The second-order valence-corrected chi connectivity index (χ2v) is 3.84. The fraction of sp³-hybridized carbons (Fsp3) is 0.500. The topological polar surface area (TPSA) is 25.8 Å². The Bertz CT molecular complexity index is 258. The fourth-order valence-corrected chi connectivity index (χ4v) is 1.56. The third-order valence-electron chi connectivity index (χ3n) is 1.80. The van der Waals surface area contributed by atoms with Gasteiger partial charge in [0.2, 0.25) is 5.28 Å². The molecule has 0 amide bonds. The SMILES string of the molecule is CCC(C)c1cc(Br)nc(Cl)n1. The average Bonchev–Trinajstić information content (AvgIpc) is 2.01. The van der Waals surface area contributed by atoms with Crippen molar-refractivity contribution >= 4 is 27.5 Å². The number of nitrogens with zero attached hydrogens (tertiary/aromatic N) is 2. The van der Waals surface area contributed by atoms with Gasteiger partial charge in [0, 0.05) is 5.69 Å². The predicted octanol–water partition coefficient (Wildman–Crippen LogP) is 3.41. The Morgan fingerprint density at radius 3 is 2.75 bits per heavy atom. The average molecular weight is 250 g/mol. The lowest BCUT2D eigenvalue weighted by Crippen LogP contribution is -1.97. The van der Waals surface area contributed by atoms with Crippen LogP contribution < -0.4 is 0 Å². The Balaban J connectivity index is 3.00. The van der Waals surface area contributed by atoms with Gasteiger partial charge in [0.05, 0.1) is 0 Å². The highest BCUT2D eigenvalue weighted by atomic mass is 79.9. The van der Waals surface area contributed by atoms with Gasteiger partial charge in [0.1, 0.15) is 4.60 Å². The predicted molar refractivity (Wildman–Crippen MR) is 53.4 cm³/mol. The Kier molecular flexibility index (Phi) is 3.47. The van der Waals surface area contributed by atoms with Gasteiger partial charge in [-0.15, -0.1) is 0 Å². The van der Waals surface area contributed by atoms with Crippen molar-refractivity contribution in [3.8, 4) is 0 Å². The van der Waals surface area contributed by atoms with Crippen molar-refractivity contribution < 1.29 is 0 Å². The summed E-state index contributed by atoms with van der Waals surface area (Å²) in [6.07, 6.45) is 1.06. The van der Waals surface area contributed by atoms with Crippen LogP contribution in [-0.2, 0) is 0 Å². The Labute approximate surface area is 85.5 Å². The van der Waals surface area contributed by atoms with Gasteiger partial charge in [-0.25, -0.2) is 9.97 Å². The summed E-state index contributed by atoms with van der Waals surface area (Å²) in [5.74, 6) is 0.432. The lowest BCUT2D eigenvalue weighted by Gasteiger charge is -2.07. The van der Waals surface area contributed by atoms with Crippen LogP contribution in [0.1, 0.15) is 31.9 Å². The van der Waals surface area contributed by atoms with E-state index in [1.54, 1.807) is 0 Å². The molecule has 1 heterocycles. The zero-order valence-electron chi connectivity index (χ0n) is 7.01. The van der Waals surface area contributed by atoms with Crippen LogP contribution in [0, 0.1) is 0 Å². The third kappa shape index (κ3) is 2.42. The summed E-state index contributed by atoms with van der Waals surface area (Å²) < 4.78 is 0.748. The molecule has 1 atom stereocenters. The van der Waals surface area contributed by atoms with Crippen LogP contribution in [0.15, 0.2) is 10.7 Å². The van der Waals surface area contributed by atoms with Gasteiger partial charge in [-0.2, -0.15) is 0 Å². The maximum absolute atomic E-state index is 5.70. The summed E-state index contributed by atoms with van der Waals surface area (Å²) in [5, 5.41) is 0.305. The van der Waals surface area contributed by atoms with Gasteiger partial charge >= 0.3 is 0 Å².